The van der Waals surface area contributed by atoms with Crippen LogP contribution < -0.4 is 0 Å². The van der Waals surface area contributed by atoms with Gasteiger partial charge in [0.05, 0.1) is 10.5 Å². The maximum Gasteiger partial charge on any atom is 0.416 e. The van der Waals surface area contributed by atoms with Crippen molar-refractivity contribution in [1.29, 1.82) is 0 Å². The number of halogens is 3. The number of carbonyl (C=O) groups is 2. The smallest absolute Gasteiger partial charge is 0.289 e. The van der Waals surface area contributed by atoms with Gasteiger partial charge >= 0.3 is 6.18 Å². The SMILES string of the molecule is C=CC(C)(C)C1=CC(c2ccc(C(F)(F)F)cc2)C=C(C(C)(C)C)C1=O.C=CC(C)(C)C1=CC(c2cccc([N+](=O)[O-])c2)C=C(C(C)(C)C)C1=O. The molecule has 0 bridgehead atoms. The van der Waals surface area contributed by atoms with Crippen LogP contribution in [0.3, 0.4) is 0 Å². The van der Waals surface area contributed by atoms with Gasteiger partial charge in [-0.1, -0.05) is 130 Å². The van der Waals surface area contributed by atoms with Crippen LogP contribution in [0.4, 0.5) is 18.9 Å². The molecule has 0 saturated carbocycles. The number of nitrogens with zero attached hydrogens (tertiary/aromatic N) is 1. The molecule has 0 spiro atoms. The van der Waals surface area contributed by atoms with E-state index in [1.807, 2.05) is 99.6 Å². The van der Waals surface area contributed by atoms with E-state index in [1.165, 1.54) is 18.2 Å². The number of non-ortho nitro benzene ring substituents is 1. The summed E-state index contributed by atoms with van der Waals surface area (Å²) in [5.41, 5.74) is 1.97. The van der Waals surface area contributed by atoms with Crippen molar-refractivity contribution < 1.29 is 27.7 Å². The summed E-state index contributed by atoms with van der Waals surface area (Å²) in [6, 6.07) is 11.7. The third-order valence-electron chi connectivity index (χ3n) is 9.48. The van der Waals surface area contributed by atoms with E-state index in [9.17, 15) is 32.9 Å². The van der Waals surface area contributed by atoms with Gasteiger partial charge in [-0.25, -0.2) is 0 Å². The largest absolute Gasteiger partial charge is 0.416 e. The van der Waals surface area contributed by atoms with Crippen LogP contribution in [0.15, 0.2) is 120 Å². The molecule has 272 valence electrons. The highest BCUT2D eigenvalue weighted by Gasteiger charge is 2.38. The van der Waals surface area contributed by atoms with E-state index >= 15 is 0 Å². The fourth-order valence-electron chi connectivity index (χ4n) is 5.95. The number of rotatable bonds is 7. The highest BCUT2D eigenvalue weighted by molar-refractivity contribution is 6.12. The van der Waals surface area contributed by atoms with Crippen LogP contribution in [0, 0.1) is 31.8 Å². The van der Waals surface area contributed by atoms with Gasteiger partial charge in [0.15, 0.2) is 11.6 Å². The van der Waals surface area contributed by atoms with Gasteiger partial charge < -0.3 is 0 Å². The molecule has 0 heterocycles. The molecule has 0 saturated heterocycles. The predicted molar refractivity (Wildman–Crippen MR) is 199 cm³/mol. The average molecular weight is 702 g/mol. The first-order chi connectivity index (χ1) is 23.2. The second-order valence-corrected chi connectivity index (χ2v) is 16.4. The number of allylic oxidation sites excluding steroid dienone is 10. The fraction of sp³-hybridized carbons (Fsp3) is 0.395. The van der Waals surface area contributed by atoms with Crippen molar-refractivity contribution >= 4 is 17.3 Å². The Labute approximate surface area is 300 Å². The number of benzene rings is 2. The molecule has 0 fully saturated rings. The van der Waals surface area contributed by atoms with E-state index in [4.69, 9.17) is 0 Å². The summed E-state index contributed by atoms with van der Waals surface area (Å²) >= 11 is 0. The summed E-state index contributed by atoms with van der Waals surface area (Å²) in [6.45, 7) is 27.3. The van der Waals surface area contributed by atoms with E-state index < -0.39 is 27.5 Å². The van der Waals surface area contributed by atoms with Gasteiger partial charge in [0.25, 0.3) is 5.69 Å². The van der Waals surface area contributed by atoms with Crippen LogP contribution in [-0.2, 0) is 15.8 Å². The van der Waals surface area contributed by atoms with Gasteiger partial charge in [-0.05, 0) is 34.1 Å². The van der Waals surface area contributed by atoms with Crippen LogP contribution in [0.25, 0.3) is 0 Å². The van der Waals surface area contributed by atoms with Crippen molar-refractivity contribution in [2.24, 2.45) is 21.7 Å². The van der Waals surface area contributed by atoms with Gasteiger partial charge in [-0.2, -0.15) is 13.2 Å². The number of carbonyl (C=O) groups excluding carboxylic acids is 2. The van der Waals surface area contributed by atoms with Crippen LogP contribution in [0.1, 0.15) is 97.8 Å². The summed E-state index contributed by atoms with van der Waals surface area (Å²) in [4.78, 5) is 36.7. The minimum atomic E-state index is -4.36. The molecule has 51 heavy (non-hydrogen) atoms. The minimum absolute atomic E-state index is 0.0226. The van der Waals surface area contributed by atoms with Gasteiger partial charge in [0.2, 0.25) is 0 Å². The van der Waals surface area contributed by atoms with Crippen molar-refractivity contribution in [2.45, 2.75) is 87.2 Å². The Morgan fingerprint density at radius 1 is 0.627 bits per heavy atom. The lowest BCUT2D eigenvalue weighted by Gasteiger charge is -2.33. The first-order valence-electron chi connectivity index (χ1n) is 16.9. The molecule has 8 heteroatoms. The molecule has 0 N–H and O–H groups in total. The van der Waals surface area contributed by atoms with Crippen molar-refractivity contribution in [3.63, 3.8) is 0 Å². The fourth-order valence-corrected chi connectivity index (χ4v) is 5.95. The van der Waals surface area contributed by atoms with Gasteiger partial charge in [-0.15, -0.1) is 13.2 Å². The second kappa shape index (κ2) is 14.6. The third kappa shape index (κ3) is 9.40. The topological polar surface area (TPSA) is 77.3 Å². The number of alkyl halides is 3. The van der Waals surface area contributed by atoms with Crippen LogP contribution in [-0.4, -0.2) is 16.5 Å². The Morgan fingerprint density at radius 2 is 1.02 bits per heavy atom. The van der Waals surface area contributed by atoms with E-state index in [1.54, 1.807) is 24.3 Å². The molecule has 0 aromatic heterocycles. The molecule has 0 amide bonds. The lowest BCUT2D eigenvalue weighted by atomic mass is 9.69. The Bertz CT molecular complexity index is 1840. The molecule has 2 unspecified atom stereocenters. The molecule has 2 aliphatic rings. The maximum atomic E-state index is 13.0. The lowest BCUT2D eigenvalue weighted by molar-refractivity contribution is -0.384. The molecule has 2 aromatic carbocycles. The Balaban J connectivity index is 0.000000276. The highest BCUT2D eigenvalue weighted by Crippen LogP contribution is 2.44. The zero-order chi connectivity index (χ0) is 38.9. The van der Waals surface area contributed by atoms with Crippen molar-refractivity contribution in [3.8, 4) is 0 Å². The molecule has 2 aromatic rings. The molecular weight excluding hydrogens is 651 g/mol. The zero-order valence-electron chi connectivity index (χ0n) is 31.4. The lowest BCUT2D eigenvalue weighted by Crippen LogP contribution is -2.29. The molecule has 5 nitrogen and oxygen atoms in total. The molecule has 2 atom stereocenters. The first-order valence-corrected chi connectivity index (χ1v) is 16.9. The van der Waals surface area contributed by atoms with Gasteiger partial charge in [-0.3, -0.25) is 19.7 Å². The summed E-state index contributed by atoms with van der Waals surface area (Å²) in [7, 11) is 0. The van der Waals surface area contributed by atoms with E-state index in [0.717, 1.165) is 28.8 Å². The summed E-state index contributed by atoms with van der Waals surface area (Å²) in [5, 5.41) is 11.1. The molecule has 2 aliphatic carbocycles. The van der Waals surface area contributed by atoms with E-state index in [2.05, 4.69) is 13.2 Å². The second-order valence-electron chi connectivity index (χ2n) is 16.4. The van der Waals surface area contributed by atoms with Crippen molar-refractivity contribution in [1.82, 2.24) is 0 Å². The van der Waals surface area contributed by atoms with E-state index in [-0.39, 0.29) is 39.9 Å². The maximum absolute atomic E-state index is 13.0. The molecule has 0 aliphatic heterocycles. The van der Waals surface area contributed by atoms with Crippen LogP contribution in [0.5, 0.6) is 0 Å². The quantitative estimate of drug-likeness (QED) is 0.164. The van der Waals surface area contributed by atoms with Crippen LogP contribution in [0.2, 0.25) is 0 Å². The number of ketones is 2. The average Bonchev–Trinajstić information content (AvgIpc) is 3.03. The van der Waals surface area contributed by atoms with Crippen LogP contribution >= 0.6 is 0 Å². The van der Waals surface area contributed by atoms with Gasteiger partial charge in [0, 0.05) is 57.1 Å². The molecule has 4 rings (SSSR count). The first kappa shape index (κ1) is 40.8. The number of Topliss-reactive ketones (excluding diaryl/α,β-unsaturated/α-hetero) is 2. The zero-order valence-corrected chi connectivity index (χ0v) is 31.4. The highest BCUT2D eigenvalue weighted by atomic mass is 19.4. The Kier molecular flexibility index (Phi) is 11.7. The minimum Gasteiger partial charge on any atom is -0.289 e. The van der Waals surface area contributed by atoms with Gasteiger partial charge in [0.1, 0.15) is 0 Å². The summed E-state index contributed by atoms with van der Waals surface area (Å²) in [6.07, 6.45) is 6.70. The standard InChI is InChI=1S/C22H25F3O.C21H25NO3/c1-7-21(5,6)18-13-15(12-17(19(18)26)20(2,3)4)14-8-10-16(11-9-14)22(23,24)25;1-7-21(5,6)18-13-15(12-17(19(18)23)20(2,3)4)14-9-8-10-16(11-14)22(24)25/h7-13,15H,1H2,2-6H3;7-13,15H,1H2,2-6H3. The summed E-state index contributed by atoms with van der Waals surface area (Å²) < 4.78 is 38.4. The third-order valence-corrected chi connectivity index (χ3v) is 9.48. The number of nitro groups is 1. The van der Waals surface area contributed by atoms with Crippen molar-refractivity contribution in [2.75, 3.05) is 0 Å². The summed E-state index contributed by atoms with van der Waals surface area (Å²) in [5.74, 6) is -0.427. The molecular formula is C43H50F3NO4. The number of hydrogen-bond donors (Lipinski definition) is 0. The monoisotopic (exact) mass is 701 g/mol. The predicted octanol–water partition coefficient (Wildman–Crippen LogP) is 11.9. The van der Waals surface area contributed by atoms with E-state index in [0.29, 0.717) is 16.7 Å². The number of nitro benzene ring substituents is 1. The molecule has 0 radical (unpaired) electrons. The Hall–Kier alpha value is -4.59. The normalized spacial score (nSPS) is 18.8. The Morgan fingerprint density at radius 3 is 1.37 bits per heavy atom. The number of hydrogen-bond acceptors (Lipinski definition) is 4. The van der Waals surface area contributed by atoms with Crippen molar-refractivity contribution in [3.05, 3.63) is 147 Å².